The lowest BCUT2D eigenvalue weighted by atomic mass is 10.0. The third kappa shape index (κ3) is 2.50. The van der Waals surface area contributed by atoms with Gasteiger partial charge in [-0.15, -0.1) is 0 Å². The molecule has 1 fully saturated rings. The van der Waals surface area contributed by atoms with Crippen molar-refractivity contribution < 1.29 is 9.53 Å². The van der Waals surface area contributed by atoms with Crippen molar-refractivity contribution in [2.24, 2.45) is 0 Å². The van der Waals surface area contributed by atoms with E-state index in [1.54, 1.807) is 13.3 Å². The molecule has 1 saturated heterocycles. The molecule has 2 heterocycles. The van der Waals surface area contributed by atoms with E-state index in [9.17, 15) is 4.79 Å². The number of carbonyl (C=O) groups excluding carboxylic acids is 1. The third-order valence-corrected chi connectivity index (χ3v) is 4.51. The van der Waals surface area contributed by atoms with Gasteiger partial charge in [0.1, 0.15) is 5.75 Å². The molecular formula is C20H18N2O2. The molecule has 2 aromatic carbocycles. The van der Waals surface area contributed by atoms with E-state index in [2.05, 4.69) is 17.1 Å². The number of nitrogens with zero attached hydrogens (tertiary/aromatic N) is 2. The Kier molecular flexibility index (Phi) is 3.65. The lowest BCUT2D eigenvalue weighted by molar-refractivity contribution is -0.117. The molecular weight excluding hydrogens is 300 g/mol. The Labute approximate surface area is 140 Å². The SMILES string of the molecule is COc1ccc(-c2ccc3nccc(N4CCCC4=O)c3c2)cc1. The highest BCUT2D eigenvalue weighted by molar-refractivity contribution is 6.04. The van der Waals surface area contributed by atoms with E-state index >= 15 is 0 Å². The Balaban J connectivity index is 1.82. The van der Waals surface area contributed by atoms with Gasteiger partial charge in [-0.3, -0.25) is 9.78 Å². The van der Waals surface area contributed by atoms with Crippen molar-refractivity contribution in [1.29, 1.82) is 0 Å². The summed E-state index contributed by atoms with van der Waals surface area (Å²) < 4.78 is 5.22. The minimum atomic E-state index is 0.192. The van der Waals surface area contributed by atoms with Crippen LogP contribution in [0.5, 0.6) is 5.75 Å². The maximum atomic E-state index is 12.1. The van der Waals surface area contributed by atoms with Gasteiger partial charge in [-0.05, 0) is 47.9 Å². The first-order chi connectivity index (χ1) is 11.8. The molecule has 0 N–H and O–H groups in total. The lowest BCUT2D eigenvalue weighted by Crippen LogP contribution is -2.23. The molecule has 0 bridgehead atoms. The van der Waals surface area contributed by atoms with Crippen LogP contribution in [0.1, 0.15) is 12.8 Å². The molecule has 0 spiro atoms. The average molecular weight is 318 g/mol. The lowest BCUT2D eigenvalue weighted by Gasteiger charge is -2.18. The highest BCUT2D eigenvalue weighted by Crippen LogP contribution is 2.32. The minimum absolute atomic E-state index is 0.192. The van der Waals surface area contributed by atoms with Gasteiger partial charge < -0.3 is 9.64 Å². The number of anilines is 1. The van der Waals surface area contributed by atoms with Crippen LogP contribution in [0.4, 0.5) is 5.69 Å². The van der Waals surface area contributed by atoms with Crippen molar-refractivity contribution in [3.63, 3.8) is 0 Å². The highest BCUT2D eigenvalue weighted by Gasteiger charge is 2.23. The van der Waals surface area contributed by atoms with Gasteiger partial charge in [0.15, 0.2) is 0 Å². The quantitative estimate of drug-likeness (QED) is 0.732. The summed E-state index contributed by atoms with van der Waals surface area (Å²) >= 11 is 0. The van der Waals surface area contributed by atoms with Gasteiger partial charge in [-0.25, -0.2) is 0 Å². The summed E-state index contributed by atoms with van der Waals surface area (Å²) in [5.41, 5.74) is 4.08. The number of hydrogen-bond acceptors (Lipinski definition) is 3. The second-order valence-corrected chi connectivity index (χ2v) is 5.94. The summed E-state index contributed by atoms with van der Waals surface area (Å²) in [5, 5.41) is 1.01. The summed E-state index contributed by atoms with van der Waals surface area (Å²) in [5.74, 6) is 1.03. The molecule has 0 aliphatic carbocycles. The van der Waals surface area contributed by atoms with Crippen LogP contribution in [-0.2, 0) is 4.79 Å². The Hall–Kier alpha value is -2.88. The first kappa shape index (κ1) is 14.7. The molecule has 0 atom stereocenters. The van der Waals surface area contributed by atoms with Crippen LogP contribution in [0, 0.1) is 0 Å². The topological polar surface area (TPSA) is 42.4 Å². The number of hydrogen-bond donors (Lipinski definition) is 0. The fourth-order valence-electron chi connectivity index (χ4n) is 3.23. The predicted octanol–water partition coefficient (Wildman–Crippen LogP) is 4.04. The van der Waals surface area contributed by atoms with E-state index in [-0.39, 0.29) is 5.91 Å². The van der Waals surface area contributed by atoms with E-state index < -0.39 is 0 Å². The molecule has 4 rings (SSSR count). The van der Waals surface area contributed by atoms with Crippen molar-refractivity contribution in [3.05, 3.63) is 54.7 Å². The summed E-state index contributed by atoms with van der Waals surface area (Å²) in [7, 11) is 1.66. The summed E-state index contributed by atoms with van der Waals surface area (Å²) in [6.07, 6.45) is 3.32. The minimum Gasteiger partial charge on any atom is -0.497 e. The number of ether oxygens (including phenoxy) is 1. The molecule has 120 valence electrons. The van der Waals surface area contributed by atoms with Crippen LogP contribution in [0.25, 0.3) is 22.0 Å². The zero-order valence-corrected chi connectivity index (χ0v) is 13.5. The largest absolute Gasteiger partial charge is 0.497 e. The fourth-order valence-corrected chi connectivity index (χ4v) is 3.23. The van der Waals surface area contributed by atoms with E-state index in [1.165, 1.54) is 0 Å². The number of amides is 1. The van der Waals surface area contributed by atoms with Crippen LogP contribution < -0.4 is 9.64 Å². The molecule has 0 radical (unpaired) electrons. The highest BCUT2D eigenvalue weighted by atomic mass is 16.5. The molecule has 4 nitrogen and oxygen atoms in total. The first-order valence-corrected chi connectivity index (χ1v) is 8.10. The first-order valence-electron chi connectivity index (χ1n) is 8.10. The van der Waals surface area contributed by atoms with Gasteiger partial charge >= 0.3 is 0 Å². The second-order valence-electron chi connectivity index (χ2n) is 5.94. The van der Waals surface area contributed by atoms with Gasteiger partial charge in [0, 0.05) is 24.5 Å². The molecule has 4 heteroatoms. The van der Waals surface area contributed by atoms with Crippen LogP contribution in [0.15, 0.2) is 54.7 Å². The van der Waals surface area contributed by atoms with Gasteiger partial charge in [0.25, 0.3) is 0 Å². The number of carbonyl (C=O) groups is 1. The molecule has 0 unspecified atom stereocenters. The molecule has 0 saturated carbocycles. The Morgan fingerprint density at radius 3 is 2.54 bits per heavy atom. The van der Waals surface area contributed by atoms with Crippen molar-refractivity contribution in [2.75, 3.05) is 18.6 Å². The van der Waals surface area contributed by atoms with Gasteiger partial charge in [-0.2, -0.15) is 0 Å². The van der Waals surface area contributed by atoms with Crippen LogP contribution >= 0.6 is 0 Å². The number of fused-ring (bicyclic) bond motifs is 1. The van der Waals surface area contributed by atoms with Gasteiger partial charge in [-0.1, -0.05) is 18.2 Å². The molecule has 1 aliphatic heterocycles. The number of rotatable bonds is 3. The summed E-state index contributed by atoms with van der Waals surface area (Å²) in [6, 6.07) is 16.1. The Morgan fingerprint density at radius 1 is 1.04 bits per heavy atom. The third-order valence-electron chi connectivity index (χ3n) is 4.51. The van der Waals surface area contributed by atoms with E-state index in [1.807, 2.05) is 41.3 Å². The van der Waals surface area contributed by atoms with Crippen LogP contribution in [-0.4, -0.2) is 24.5 Å². The van der Waals surface area contributed by atoms with Gasteiger partial charge in [0.05, 0.1) is 18.3 Å². The van der Waals surface area contributed by atoms with Crippen molar-refractivity contribution >= 4 is 22.5 Å². The molecule has 1 aliphatic rings. The fraction of sp³-hybridized carbons (Fsp3) is 0.200. The van der Waals surface area contributed by atoms with Crippen LogP contribution in [0.2, 0.25) is 0 Å². The van der Waals surface area contributed by atoms with Crippen LogP contribution in [0.3, 0.4) is 0 Å². The van der Waals surface area contributed by atoms with Crippen molar-refractivity contribution in [3.8, 4) is 16.9 Å². The summed E-state index contributed by atoms with van der Waals surface area (Å²) in [4.78, 5) is 18.5. The number of pyridine rings is 1. The van der Waals surface area contributed by atoms with E-state index in [0.29, 0.717) is 6.42 Å². The average Bonchev–Trinajstić information content (AvgIpc) is 3.06. The number of methoxy groups -OCH3 is 1. The monoisotopic (exact) mass is 318 g/mol. The predicted molar refractivity (Wildman–Crippen MR) is 95.3 cm³/mol. The zero-order valence-electron chi connectivity index (χ0n) is 13.5. The number of aromatic nitrogens is 1. The molecule has 24 heavy (non-hydrogen) atoms. The Bertz CT molecular complexity index is 903. The maximum absolute atomic E-state index is 12.1. The second kappa shape index (κ2) is 5.96. The molecule has 1 amide bonds. The zero-order chi connectivity index (χ0) is 16.5. The number of benzene rings is 2. The van der Waals surface area contributed by atoms with Crippen molar-refractivity contribution in [1.82, 2.24) is 4.98 Å². The molecule has 3 aromatic rings. The standard InChI is InChI=1S/C20H18N2O2/c1-24-16-7-4-14(5-8-16)15-6-9-18-17(13-15)19(10-11-21-18)22-12-2-3-20(22)23/h4-11,13H,2-3,12H2,1H3. The van der Waals surface area contributed by atoms with E-state index in [0.717, 1.165) is 46.4 Å². The molecule has 1 aromatic heterocycles. The Morgan fingerprint density at radius 2 is 1.83 bits per heavy atom. The van der Waals surface area contributed by atoms with Gasteiger partial charge in [0.2, 0.25) is 5.91 Å². The normalized spacial score (nSPS) is 14.4. The maximum Gasteiger partial charge on any atom is 0.227 e. The smallest absolute Gasteiger partial charge is 0.227 e. The van der Waals surface area contributed by atoms with Crippen molar-refractivity contribution in [2.45, 2.75) is 12.8 Å². The summed E-state index contributed by atoms with van der Waals surface area (Å²) in [6.45, 7) is 0.782. The van der Waals surface area contributed by atoms with E-state index in [4.69, 9.17) is 4.74 Å².